The lowest BCUT2D eigenvalue weighted by Crippen LogP contribution is -2.32. The molecule has 1 aliphatic carbocycles. The fourth-order valence-electron chi connectivity index (χ4n) is 3.51. The number of carbonyl (C=O) groups is 2. The molecule has 28 heavy (non-hydrogen) atoms. The molecular formula is C20H17N3O4S. The number of amides is 1. The summed E-state index contributed by atoms with van der Waals surface area (Å²) in [4.78, 5) is 23.4. The first-order valence-corrected chi connectivity index (χ1v) is 9.57. The number of aliphatic carboxylic acids is 1. The molecule has 3 aromatic rings. The van der Waals surface area contributed by atoms with Gasteiger partial charge in [0.05, 0.1) is 18.2 Å². The number of alkyl carbamates (subject to hydrolysis) is 1. The lowest BCUT2D eigenvalue weighted by molar-refractivity contribution is -0.137. The number of hydrogen-bond acceptors (Lipinski definition) is 6. The second-order valence-electron chi connectivity index (χ2n) is 6.45. The van der Waals surface area contributed by atoms with Crippen LogP contribution in [0.15, 0.2) is 53.9 Å². The molecule has 0 radical (unpaired) electrons. The highest BCUT2D eigenvalue weighted by Gasteiger charge is 2.29. The number of benzene rings is 2. The van der Waals surface area contributed by atoms with Gasteiger partial charge in [-0.15, -0.1) is 5.10 Å². The Morgan fingerprint density at radius 3 is 2.32 bits per heavy atom. The van der Waals surface area contributed by atoms with Gasteiger partial charge in [-0.1, -0.05) is 53.0 Å². The summed E-state index contributed by atoms with van der Waals surface area (Å²) in [6, 6.07) is 15.3. The molecule has 2 aromatic carbocycles. The van der Waals surface area contributed by atoms with E-state index in [1.54, 1.807) is 5.38 Å². The van der Waals surface area contributed by atoms with E-state index >= 15 is 0 Å². The number of carboxylic acids is 1. The van der Waals surface area contributed by atoms with E-state index in [-0.39, 0.29) is 18.9 Å². The Morgan fingerprint density at radius 2 is 1.75 bits per heavy atom. The molecule has 0 bridgehead atoms. The normalized spacial score (nSPS) is 13.4. The summed E-state index contributed by atoms with van der Waals surface area (Å²) in [5, 5.41) is 17.1. The smallest absolute Gasteiger partial charge is 0.407 e. The maximum Gasteiger partial charge on any atom is 0.407 e. The van der Waals surface area contributed by atoms with Crippen LogP contribution in [-0.4, -0.2) is 33.4 Å². The van der Waals surface area contributed by atoms with Crippen LogP contribution in [0.2, 0.25) is 0 Å². The van der Waals surface area contributed by atoms with Gasteiger partial charge in [0.25, 0.3) is 0 Å². The van der Waals surface area contributed by atoms with Crippen molar-refractivity contribution in [1.29, 1.82) is 0 Å². The molecule has 2 N–H and O–H groups in total. The van der Waals surface area contributed by atoms with Crippen molar-refractivity contribution in [1.82, 2.24) is 14.9 Å². The van der Waals surface area contributed by atoms with Crippen molar-refractivity contribution in [3.63, 3.8) is 0 Å². The number of ether oxygens (including phenoxy) is 1. The van der Waals surface area contributed by atoms with Crippen LogP contribution in [0.1, 0.15) is 35.2 Å². The quantitative estimate of drug-likeness (QED) is 0.661. The summed E-state index contributed by atoms with van der Waals surface area (Å²) in [6.07, 6.45) is -0.976. The zero-order valence-corrected chi connectivity index (χ0v) is 15.6. The van der Waals surface area contributed by atoms with Crippen LogP contribution in [0.5, 0.6) is 0 Å². The Hall–Kier alpha value is -3.26. The van der Waals surface area contributed by atoms with Gasteiger partial charge in [-0.3, -0.25) is 4.79 Å². The number of aromatic nitrogens is 2. The Kier molecular flexibility index (Phi) is 5.03. The average molecular weight is 395 g/mol. The third-order valence-electron chi connectivity index (χ3n) is 4.75. The van der Waals surface area contributed by atoms with Crippen LogP contribution in [0.4, 0.5) is 4.79 Å². The van der Waals surface area contributed by atoms with Crippen LogP contribution in [0.25, 0.3) is 11.1 Å². The molecule has 1 heterocycles. The second-order valence-corrected chi connectivity index (χ2v) is 7.06. The van der Waals surface area contributed by atoms with Crippen molar-refractivity contribution in [2.24, 2.45) is 0 Å². The predicted octanol–water partition coefficient (Wildman–Crippen LogP) is 3.59. The van der Waals surface area contributed by atoms with E-state index in [2.05, 4.69) is 27.0 Å². The summed E-state index contributed by atoms with van der Waals surface area (Å²) in [6.45, 7) is 0.162. The molecule has 0 saturated heterocycles. The highest BCUT2D eigenvalue weighted by atomic mass is 32.1. The number of hydrogen-bond donors (Lipinski definition) is 2. The molecule has 142 valence electrons. The van der Waals surface area contributed by atoms with Crippen LogP contribution < -0.4 is 5.32 Å². The van der Waals surface area contributed by atoms with Gasteiger partial charge in [-0.05, 0) is 33.8 Å². The SMILES string of the molecule is O=C(O)CC(NC(=O)OCC1c2ccccc2-c2ccccc21)c1csnn1. The number of carbonyl (C=O) groups excluding carboxylic acids is 1. The summed E-state index contributed by atoms with van der Waals surface area (Å²) < 4.78 is 9.19. The van der Waals surface area contributed by atoms with Gasteiger partial charge >= 0.3 is 12.1 Å². The maximum absolute atomic E-state index is 12.3. The van der Waals surface area contributed by atoms with Gasteiger partial charge in [-0.2, -0.15) is 0 Å². The number of fused-ring (bicyclic) bond motifs is 3. The maximum atomic E-state index is 12.3. The van der Waals surface area contributed by atoms with Crippen molar-refractivity contribution < 1.29 is 19.4 Å². The molecule has 1 aliphatic rings. The molecule has 7 nitrogen and oxygen atoms in total. The van der Waals surface area contributed by atoms with Crippen LogP contribution in [0, 0.1) is 0 Å². The number of rotatable bonds is 6. The summed E-state index contributed by atoms with van der Waals surface area (Å²) in [7, 11) is 0. The molecule has 8 heteroatoms. The van der Waals surface area contributed by atoms with E-state index in [0.29, 0.717) is 5.69 Å². The van der Waals surface area contributed by atoms with E-state index in [0.717, 1.165) is 33.8 Å². The molecule has 0 fully saturated rings. The Bertz CT molecular complexity index is 961. The Balaban J connectivity index is 1.47. The third-order valence-corrected chi connectivity index (χ3v) is 5.27. The zero-order chi connectivity index (χ0) is 19.5. The van der Waals surface area contributed by atoms with Gasteiger partial charge in [0.2, 0.25) is 0 Å². The lowest BCUT2D eigenvalue weighted by atomic mass is 9.98. The molecule has 1 atom stereocenters. The average Bonchev–Trinajstić information content (AvgIpc) is 3.32. The molecule has 1 amide bonds. The lowest BCUT2D eigenvalue weighted by Gasteiger charge is -2.17. The fraction of sp³-hybridized carbons (Fsp3) is 0.200. The second kappa shape index (κ2) is 7.77. The molecule has 4 rings (SSSR count). The van der Waals surface area contributed by atoms with Gasteiger partial charge in [0.15, 0.2) is 0 Å². The highest BCUT2D eigenvalue weighted by Crippen LogP contribution is 2.44. The first-order valence-electron chi connectivity index (χ1n) is 8.73. The minimum Gasteiger partial charge on any atom is -0.481 e. The van der Waals surface area contributed by atoms with Gasteiger partial charge in [-0.25, -0.2) is 4.79 Å². The standard InChI is InChI=1S/C20H17N3O4S/c24-19(25)9-17(18-11-28-23-22-18)21-20(26)27-10-16-14-7-3-1-5-12(14)13-6-2-4-8-15(13)16/h1-8,11,16-17H,9-10H2,(H,21,26)(H,24,25). The van der Waals surface area contributed by atoms with E-state index in [4.69, 9.17) is 9.84 Å². The van der Waals surface area contributed by atoms with Gasteiger partial charge < -0.3 is 15.2 Å². The number of nitrogens with zero attached hydrogens (tertiary/aromatic N) is 2. The zero-order valence-electron chi connectivity index (χ0n) is 14.7. The van der Waals surface area contributed by atoms with Gasteiger partial charge in [0.1, 0.15) is 6.61 Å². The van der Waals surface area contributed by atoms with Crippen LogP contribution >= 0.6 is 11.5 Å². The minimum absolute atomic E-state index is 0.0583. The largest absolute Gasteiger partial charge is 0.481 e. The molecule has 1 unspecified atom stereocenters. The first-order chi connectivity index (χ1) is 13.6. The summed E-state index contributed by atoms with van der Waals surface area (Å²) in [5.74, 6) is -1.10. The highest BCUT2D eigenvalue weighted by molar-refractivity contribution is 7.03. The number of nitrogens with one attached hydrogen (secondary N) is 1. The fourth-order valence-corrected chi connectivity index (χ4v) is 4.02. The van der Waals surface area contributed by atoms with E-state index < -0.39 is 18.1 Å². The number of carboxylic acid groups (broad SMARTS) is 1. The topological polar surface area (TPSA) is 101 Å². The molecular weight excluding hydrogens is 378 g/mol. The van der Waals surface area contributed by atoms with Gasteiger partial charge in [0, 0.05) is 11.3 Å². The van der Waals surface area contributed by atoms with Crippen molar-refractivity contribution in [2.45, 2.75) is 18.4 Å². The summed E-state index contributed by atoms with van der Waals surface area (Å²) in [5.41, 5.74) is 4.92. The third kappa shape index (κ3) is 3.59. The minimum atomic E-state index is -1.04. The van der Waals surface area contributed by atoms with Crippen LogP contribution in [0.3, 0.4) is 0 Å². The monoisotopic (exact) mass is 395 g/mol. The van der Waals surface area contributed by atoms with E-state index in [1.807, 2.05) is 36.4 Å². The van der Waals surface area contributed by atoms with Crippen LogP contribution in [-0.2, 0) is 9.53 Å². The summed E-state index contributed by atoms with van der Waals surface area (Å²) >= 11 is 1.09. The Morgan fingerprint density at radius 1 is 1.11 bits per heavy atom. The van der Waals surface area contributed by atoms with Crippen molar-refractivity contribution in [3.8, 4) is 11.1 Å². The molecule has 0 aliphatic heterocycles. The Labute approximate surface area is 165 Å². The van der Waals surface area contributed by atoms with E-state index in [1.165, 1.54) is 0 Å². The van der Waals surface area contributed by atoms with Crippen molar-refractivity contribution in [3.05, 3.63) is 70.7 Å². The molecule has 1 aromatic heterocycles. The van der Waals surface area contributed by atoms with Crippen molar-refractivity contribution >= 4 is 23.6 Å². The predicted molar refractivity (Wildman–Crippen MR) is 103 cm³/mol. The molecule has 0 spiro atoms. The van der Waals surface area contributed by atoms with Crippen molar-refractivity contribution in [2.75, 3.05) is 6.61 Å². The van der Waals surface area contributed by atoms with E-state index in [9.17, 15) is 9.59 Å². The molecule has 0 saturated carbocycles. The first kappa shape index (κ1) is 18.1.